The van der Waals surface area contributed by atoms with Crippen molar-refractivity contribution in [2.24, 2.45) is 0 Å². The van der Waals surface area contributed by atoms with Gasteiger partial charge in [0.15, 0.2) is 10.9 Å². The molecular formula is C16H18FN5O2S. The van der Waals surface area contributed by atoms with Gasteiger partial charge < -0.3 is 9.80 Å². The van der Waals surface area contributed by atoms with Crippen LogP contribution >= 0.6 is 11.8 Å². The van der Waals surface area contributed by atoms with Gasteiger partial charge in [-0.3, -0.25) is 14.7 Å². The van der Waals surface area contributed by atoms with Gasteiger partial charge in [0, 0.05) is 31.7 Å². The first-order valence-electron chi connectivity index (χ1n) is 7.86. The Kier molecular flexibility index (Phi) is 5.32. The van der Waals surface area contributed by atoms with Crippen LogP contribution in [0.15, 0.2) is 29.7 Å². The highest BCUT2D eigenvalue weighted by atomic mass is 32.2. The molecule has 9 heteroatoms. The zero-order valence-electron chi connectivity index (χ0n) is 13.7. The smallest absolute Gasteiger partial charge is 0.233 e. The van der Waals surface area contributed by atoms with Gasteiger partial charge in [-0.25, -0.2) is 9.37 Å². The molecule has 132 valence electrons. The van der Waals surface area contributed by atoms with Crippen LogP contribution in [0.5, 0.6) is 0 Å². The molecule has 0 aliphatic carbocycles. The summed E-state index contributed by atoms with van der Waals surface area (Å²) in [7, 11) is 0. The van der Waals surface area contributed by atoms with E-state index in [-0.39, 0.29) is 17.4 Å². The van der Waals surface area contributed by atoms with E-state index in [1.165, 1.54) is 31.1 Å². The number of hydrogen-bond donors (Lipinski definition) is 1. The van der Waals surface area contributed by atoms with Crippen LogP contribution in [0, 0.1) is 5.82 Å². The fourth-order valence-corrected chi connectivity index (χ4v) is 3.35. The van der Waals surface area contributed by atoms with E-state index in [1.54, 1.807) is 17.0 Å². The summed E-state index contributed by atoms with van der Waals surface area (Å²) in [5, 5.41) is 7.05. The summed E-state index contributed by atoms with van der Waals surface area (Å²) in [6.07, 6.45) is 1.40. The number of ketones is 1. The number of hydrogen-bond acceptors (Lipinski definition) is 6. The molecule has 0 atom stereocenters. The maximum atomic E-state index is 14.2. The second-order valence-corrected chi connectivity index (χ2v) is 6.63. The Hall–Kier alpha value is -2.42. The SMILES string of the molecule is CC(=O)c1ccc(N2CCN(C(=O)CSc3ncn[nH]3)CC2)c(F)c1. The molecule has 0 unspecified atom stereocenters. The summed E-state index contributed by atoms with van der Waals surface area (Å²) < 4.78 is 14.2. The second-order valence-electron chi connectivity index (χ2n) is 5.67. The quantitative estimate of drug-likeness (QED) is 0.642. The standard InChI is InChI=1S/C16H18FN5O2S/c1-11(23)12-2-3-14(13(17)8-12)21-4-6-22(7-5-21)15(24)9-25-16-18-10-19-20-16/h2-3,8,10H,4-7,9H2,1H3,(H,18,19,20). The number of carbonyl (C=O) groups excluding carboxylic acids is 2. The Morgan fingerprint density at radius 2 is 2.04 bits per heavy atom. The van der Waals surface area contributed by atoms with Crippen molar-refractivity contribution < 1.29 is 14.0 Å². The number of piperazine rings is 1. The van der Waals surface area contributed by atoms with Gasteiger partial charge in [-0.2, -0.15) is 5.10 Å². The minimum absolute atomic E-state index is 0.0217. The zero-order chi connectivity index (χ0) is 17.8. The molecule has 1 N–H and O–H groups in total. The molecule has 2 aromatic rings. The van der Waals surface area contributed by atoms with Gasteiger partial charge >= 0.3 is 0 Å². The lowest BCUT2D eigenvalue weighted by Gasteiger charge is -2.36. The minimum Gasteiger partial charge on any atom is -0.366 e. The number of nitrogens with one attached hydrogen (secondary N) is 1. The third kappa shape index (κ3) is 4.16. The van der Waals surface area contributed by atoms with Crippen LogP contribution in [-0.2, 0) is 4.79 Å². The molecule has 1 amide bonds. The van der Waals surface area contributed by atoms with Crippen molar-refractivity contribution >= 4 is 29.1 Å². The van der Waals surface area contributed by atoms with Gasteiger partial charge in [0.25, 0.3) is 0 Å². The largest absolute Gasteiger partial charge is 0.366 e. The van der Waals surface area contributed by atoms with Crippen LogP contribution in [0.2, 0.25) is 0 Å². The highest BCUT2D eigenvalue weighted by molar-refractivity contribution is 7.99. The monoisotopic (exact) mass is 363 g/mol. The molecule has 0 radical (unpaired) electrons. The summed E-state index contributed by atoms with van der Waals surface area (Å²) in [6, 6.07) is 4.53. The Balaban J connectivity index is 1.54. The van der Waals surface area contributed by atoms with Crippen molar-refractivity contribution in [1.82, 2.24) is 20.1 Å². The van der Waals surface area contributed by atoms with E-state index in [4.69, 9.17) is 0 Å². The third-order valence-electron chi connectivity index (χ3n) is 4.05. The van der Waals surface area contributed by atoms with Crippen molar-refractivity contribution in [3.63, 3.8) is 0 Å². The molecule has 1 fully saturated rings. The van der Waals surface area contributed by atoms with Crippen LogP contribution in [0.1, 0.15) is 17.3 Å². The predicted molar refractivity (Wildman–Crippen MR) is 92.3 cm³/mol. The fourth-order valence-electron chi connectivity index (χ4n) is 2.66. The van der Waals surface area contributed by atoms with Crippen LogP contribution < -0.4 is 4.90 Å². The van der Waals surface area contributed by atoms with Crippen molar-refractivity contribution in [3.05, 3.63) is 35.9 Å². The molecule has 1 saturated heterocycles. The first-order chi connectivity index (χ1) is 12.0. The molecule has 0 bridgehead atoms. The maximum Gasteiger partial charge on any atom is 0.233 e. The third-order valence-corrected chi connectivity index (χ3v) is 4.91. The van der Waals surface area contributed by atoms with Crippen molar-refractivity contribution in [2.75, 3.05) is 36.8 Å². The number of H-pyrrole nitrogens is 1. The van der Waals surface area contributed by atoms with Crippen molar-refractivity contribution in [3.8, 4) is 0 Å². The van der Waals surface area contributed by atoms with Crippen LogP contribution in [0.25, 0.3) is 0 Å². The normalized spacial score (nSPS) is 14.6. The number of halogens is 1. The Morgan fingerprint density at radius 1 is 1.28 bits per heavy atom. The predicted octanol–water partition coefficient (Wildman–Crippen LogP) is 1.59. The number of carbonyl (C=O) groups is 2. The summed E-state index contributed by atoms with van der Waals surface area (Å²) in [5.74, 6) is -0.261. The number of anilines is 1. The summed E-state index contributed by atoms with van der Waals surface area (Å²) in [4.78, 5) is 31.2. The number of nitrogens with zero attached hydrogens (tertiary/aromatic N) is 4. The van der Waals surface area contributed by atoms with Crippen molar-refractivity contribution in [1.29, 1.82) is 0 Å². The van der Waals surface area contributed by atoms with Gasteiger partial charge in [-0.05, 0) is 25.1 Å². The lowest BCUT2D eigenvalue weighted by molar-refractivity contribution is -0.128. The number of aromatic amines is 1. The van der Waals surface area contributed by atoms with E-state index < -0.39 is 5.82 Å². The first kappa shape index (κ1) is 17.4. The van der Waals surface area contributed by atoms with Gasteiger partial charge in [0.05, 0.1) is 11.4 Å². The lowest BCUT2D eigenvalue weighted by atomic mass is 10.1. The average molecular weight is 363 g/mol. The molecule has 1 aromatic heterocycles. The molecule has 1 aromatic carbocycles. The molecule has 0 saturated carbocycles. The van der Waals surface area contributed by atoms with Gasteiger partial charge in [0.2, 0.25) is 5.91 Å². The number of benzene rings is 1. The summed E-state index contributed by atoms with van der Waals surface area (Å²) >= 11 is 1.31. The maximum absolute atomic E-state index is 14.2. The number of aromatic nitrogens is 3. The highest BCUT2D eigenvalue weighted by Crippen LogP contribution is 2.22. The zero-order valence-corrected chi connectivity index (χ0v) is 14.6. The molecule has 25 heavy (non-hydrogen) atoms. The summed E-state index contributed by atoms with van der Waals surface area (Å²) in [5.41, 5.74) is 0.827. The van der Waals surface area contributed by atoms with Gasteiger partial charge in [-0.1, -0.05) is 11.8 Å². The van der Waals surface area contributed by atoms with Crippen LogP contribution in [0.3, 0.4) is 0 Å². The number of amides is 1. The van der Waals surface area contributed by atoms with E-state index >= 15 is 0 Å². The average Bonchev–Trinajstić information content (AvgIpc) is 3.13. The Bertz CT molecular complexity index is 760. The molecule has 2 heterocycles. The molecule has 0 spiro atoms. The van der Waals surface area contributed by atoms with Gasteiger partial charge in [0.1, 0.15) is 12.1 Å². The number of rotatable bonds is 5. The van der Waals surface area contributed by atoms with Gasteiger partial charge in [-0.15, -0.1) is 0 Å². The number of thioether (sulfide) groups is 1. The molecular weight excluding hydrogens is 345 g/mol. The molecule has 1 aliphatic rings. The van der Waals surface area contributed by atoms with E-state index in [9.17, 15) is 14.0 Å². The topological polar surface area (TPSA) is 82.2 Å². The fraction of sp³-hybridized carbons (Fsp3) is 0.375. The van der Waals surface area contributed by atoms with E-state index in [0.717, 1.165) is 0 Å². The number of Topliss-reactive ketones (excluding diaryl/α,β-unsaturated/α-hetero) is 1. The summed E-state index contributed by atoms with van der Waals surface area (Å²) in [6.45, 7) is 3.58. The van der Waals surface area contributed by atoms with Crippen LogP contribution in [0.4, 0.5) is 10.1 Å². The second kappa shape index (κ2) is 7.64. The molecule has 3 rings (SSSR count). The van der Waals surface area contributed by atoms with E-state index in [1.807, 2.05) is 4.90 Å². The Labute approximate surface area is 148 Å². The first-order valence-corrected chi connectivity index (χ1v) is 8.84. The van der Waals surface area contributed by atoms with E-state index in [0.29, 0.717) is 42.6 Å². The lowest BCUT2D eigenvalue weighted by Crippen LogP contribution is -2.49. The van der Waals surface area contributed by atoms with E-state index in [2.05, 4.69) is 15.2 Å². The van der Waals surface area contributed by atoms with Crippen LogP contribution in [-0.4, -0.2) is 63.7 Å². The Morgan fingerprint density at radius 3 is 2.64 bits per heavy atom. The molecule has 1 aliphatic heterocycles. The molecule has 7 nitrogen and oxygen atoms in total. The van der Waals surface area contributed by atoms with Crippen molar-refractivity contribution in [2.45, 2.75) is 12.1 Å². The highest BCUT2D eigenvalue weighted by Gasteiger charge is 2.23. The minimum atomic E-state index is -0.409.